The van der Waals surface area contributed by atoms with Gasteiger partial charge in [0.25, 0.3) is 0 Å². The lowest BCUT2D eigenvalue weighted by Gasteiger charge is -2.17. The van der Waals surface area contributed by atoms with E-state index in [0.717, 1.165) is 16.3 Å². The Balaban J connectivity index is 2.29. The normalized spacial score (nSPS) is 14.8. The number of alkyl halides is 1. The van der Waals surface area contributed by atoms with Gasteiger partial charge in [0.1, 0.15) is 6.10 Å². The van der Waals surface area contributed by atoms with Crippen molar-refractivity contribution in [1.82, 2.24) is 0 Å². The van der Waals surface area contributed by atoms with Gasteiger partial charge in [-0.3, -0.25) is 0 Å². The summed E-state index contributed by atoms with van der Waals surface area (Å²) in [4.78, 5) is 0. The van der Waals surface area contributed by atoms with Crippen LogP contribution in [0.15, 0.2) is 42.5 Å². The van der Waals surface area contributed by atoms with Crippen molar-refractivity contribution in [2.45, 2.75) is 18.6 Å². The van der Waals surface area contributed by atoms with Gasteiger partial charge in [0, 0.05) is 5.33 Å². The van der Waals surface area contributed by atoms with E-state index in [4.69, 9.17) is 0 Å². The molecule has 2 aromatic carbocycles. The summed E-state index contributed by atoms with van der Waals surface area (Å²) in [5.41, 5.74) is 0.761. The van der Waals surface area contributed by atoms with Crippen LogP contribution in [0.2, 0.25) is 0 Å². The fraction of sp³-hybridized carbons (Fsp3) is 0.286. The van der Waals surface area contributed by atoms with E-state index >= 15 is 0 Å². The van der Waals surface area contributed by atoms with E-state index in [-0.39, 0.29) is 0 Å². The number of fused-ring (bicyclic) bond motifs is 1. The van der Waals surface area contributed by atoms with Gasteiger partial charge in [0.05, 0.1) is 6.10 Å². The maximum Gasteiger partial charge on any atom is 0.105 e. The van der Waals surface area contributed by atoms with Crippen molar-refractivity contribution in [3.8, 4) is 0 Å². The molecule has 2 rings (SSSR count). The highest BCUT2D eigenvalue weighted by Crippen LogP contribution is 2.23. The van der Waals surface area contributed by atoms with Crippen LogP contribution in [-0.2, 0) is 0 Å². The molecule has 0 aliphatic heterocycles. The first kappa shape index (κ1) is 12.6. The molecule has 0 bridgehead atoms. The van der Waals surface area contributed by atoms with E-state index in [9.17, 15) is 10.2 Å². The van der Waals surface area contributed by atoms with Gasteiger partial charge in [-0.1, -0.05) is 52.3 Å². The molecule has 2 aromatic rings. The average molecular weight is 295 g/mol. The summed E-state index contributed by atoms with van der Waals surface area (Å²) in [5.74, 6) is 0. The van der Waals surface area contributed by atoms with Crippen molar-refractivity contribution in [3.05, 3.63) is 48.0 Å². The topological polar surface area (TPSA) is 40.5 Å². The van der Waals surface area contributed by atoms with E-state index in [0.29, 0.717) is 11.8 Å². The Morgan fingerprint density at radius 1 is 1.00 bits per heavy atom. The molecule has 0 amide bonds. The molecule has 0 radical (unpaired) electrons. The summed E-state index contributed by atoms with van der Waals surface area (Å²) in [6.07, 6.45) is -1.01. The van der Waals surface area contributed by atoms with Gasteiger partial charge < -0.3 is 10.2 Å². The molecule has 2 atom stereocenters. The third kappa shape index (κ3) is 2.86. The van der Waals surface area contributed by atoms with Crippen molar-refractivity contribution in [2.24, 2.45) is 0 Å². The first-order valence-corrected chi connectivity index (χ1v) is 6.75. The second kappa shape index (κ2) is 5.63. The highest BCUT2D eigenvalue weighted by molar-refractivity contribution is 9.09. The minimum Gasteiger partial charge on any atom is -0.390 e. The Morgan fingerprint density at radius 2 is 1.71 bits per heavy atom. The molecule has 0 aliphatic rings. The molecule has 2 N–H and O–H groups in total. The highest BCUT2D eigenvalue weighted by Gasteiger charge is 2.17. The molecule has 17 heavy (non-hydrogen) atoms. The lowest BCUT2D eigenvalue weighted by molar-refractivity contribution is 0.0174. The van der Waals surface area contributed by atoms with E-state index in [1.165, 1.54) is 0 Å². The van der Waals surface area contributed by atoms with Crippen molar-refractivity contribution >= 4 is 26.7 Å². The van der Waals surface area contributed by atoms with Gasteiger partial charge in [-0.2, -0.15) is 0 Å². The van der Waals surface area contributed by atoms with Gasteiger partial charge in [0.2, 0.25) is 0 Å². The van der Waals surface area contributed by atoms with Gasteiger partial charge in [-0.25, -0.2) is 0 Å². The van der Waals surface area contributed by atoms with Crippen LogP contribution in [0.25, 0.3) is 10.8 Å². The summed E-state index contributed by atoms with van der Waals surface area (Å²) >= 11 is 3.26. The van der Waals surface area contributed by atoms with E-state index in [1.807, 2.05) is 42.5 Å². The molecular weight excluding hydrogens is 280 g/mol. The van der Waals surface area contributed by atoms with Crippen LogP contribution in [0.4, 0.5) is 0 Å². The molecule has 0 saturated carbocycles. The van der Waals surface area contributed by atoms with Crippen LogP contribution in [-0.4, -0.2) is 21.6 Å². The minimum atomic E-state index is -0.822. The SMILES string of the molecule is OC(CCBr)C(O)c1ccc2ccccc2c1. The second-order valence-electron chi connectivity index (χ2n) is 4.10. The van der Waals surface area contributed by atoms with Crippen LogP contribution < -0.4 is 0 Å². The summed E-state index contributed by atoms with van der Waals surface area (Å²) in [7, 11) is 0. The van der Waals surface area contributed by atoms with Crippen molar-refractivity contribution < 1.29 is 10.2 Å². The van der Waals surface area contributed by atoms with Gasteiger partial charge in [0.15, 0.2) is 0 Å². The number of hydrogen-bond donors (Lipinski definition) is 2. The number of rotatable bonds is 4. The number of aliphatic hydroxyl groups excluding tert-OH is 2. The number of hydrogen-bond acceptors (Lipinski definition) is 2. The van der Waals surface area contributed by atoms with Gasteiger partial charge >= 0.3 is 0 Å². The molecule has 2 unspecified atom stereocenters. The third-order valence-corrected chi connectivity index (χ3v) is 3.34. The summed E-state index contributed by atoms with van der Waals surface area (Å²) in [6.45, 7) is 0. The summed E-state index contributed by atoms with van der Waals surface area (Å²) in [5, 5.41) is 22.7. The monoisotopic (exact) mass is 294 g/mol. The fourth-order valence-electron chi connectivity index (χ4n) is 1.88. The molecule has 0 aliphatic carbocycles. The predicted octanol–water partition coefficient (Wildman–Crippen LogP) is 3.02. The molecule has 0 spiro atoms. The number of benzene rings is 2. The largest absolute Gasteiger partial charge is 0.390 e. The molecule has 2 nitrogen and oxygen atoms in total. The van der Waals surface area contributed by atoms with Gasteiger partial charge in [-0.15, -0.1) is 0 Å². The van der Waals surface area contributed by atoms with E-state index in [2.05, 4.69) is 15.9 Å². The lowest BCUT2D eigenvalue weighted by Crippen LogP contribution is -2.18. The third-order valence-electron chi connectivity index (χ3n) is 2.88. The smallest absolute Gasteiger partial charge is 0.105 e. The van der Waals surface area contributed by atoms with Crippen molar-refractivity contribution in [3.63, 3.8) is 0 Å². The Bertz CT molecular complexity index is 498. The quantitative estimate of drug-likeness (QED) is 0.851. The van der Waals surface area contributed by atoms with E-state index < -0.39 is 12.2 Å². The standard InChI is InChI=1S/C14H15BrO2/c15-8-7-13(16)14(17)12-6-5-10-3-1-2-4-11(10)9-12/h1-6,9,13-14,16-17H,7-8H2. The summed E-state index contributed by atoms with van der Waals surface area (Å²) < 4.78 is 0. The number of aliphatic hydroxyl groups is 2. The van der Waals surface area contributed by atoms with Crippen molar-refractivity contribution in [2.75, 3.05) is 5.33 Å². The van der Waals surface area contributed by atoms with Crippen LogP contribution in [0.1, 0.15) is 18.1 Å². The minimum absolute atomic E-state index is 0.536. The molecule has 0 fully saturated rings. The van der Waals surface area contributed by atoms with Crippen LogP contribution in [0.5, 0.6) is 0 Å². The summed E-state index contributed by atoms with van der Waals surface area (Å²) in [6, 6.07) is 13.7. The first-order valence-electron chi connectivity index (χ1n) is 5.63. The Kier molecular flexibility index (Phi) is 4.15. The zero-order valence-electron chi connectivity index (χ0n) is 9.38. The fourth-order valence-corrected chi connectivity index (χ4v) is 2.35. The highest BCUT2D eigenvalue weighted by atomic mass is 79.9. The molecule has 0 heterocycles. The zero-order valence-corrected chi connectivity index (χ0v) is 11.0. The van der Waals surface area contributed by atoms with Crippen molar-refractivity contribution in [1.29, 1.82) is 0 Å². The van der Waals surface area contributed by atoms with Crippen LogP contribution in [0.3, 0.4) is 0 Å². The molecule has 0 aromatic heterocycles. The molecule has 90 valence electrons. The average Bonchev–Trinajstić information content (AvgIpc) is 2.37. The van der Waals surface area contributed by atoms with E-state index in [1.54, 1.807) is 0 Å². The Labute approximate surface area is 109 Å². The van der Waals surface area contributed by atoms with Crippen LogP contribution >= 0.6 is 15.9 Å². The maximum atomic E-state index is 10.0. The maximum absolute atomic E-state index is 10.0. The lowest BCUT2D eigenvalue weighted by atomic mass is 9.99. The van der Waals surface area contributed by atoms with Gasteiger partial charge in [-0.05, 0) is 28.8 Å². The molecular formula is C14H15BrO2. The number of halogens is 1. The Morgan fingerprint density at radius 3 is 2.41 bits per heavy atom. The second-order valence-corrected chi connectivity index (χ2v) is 4.89. The predicted molar refractivity (Wildman–Crippen MR) is 73.3 cm³/mol. The zero-order chi connectivity index (χ0) is 12.3. The Hall–Kier alpha value is -0.900. The molecule has 0 saturated heterocycles. The first-order chi connectivity index (χ1) is 8.22. The molecule has 3 heteroatoms. The van der Waals surface area contributed by atoms with Crippen LogP contribution in [0, 0.1) is 0 Å².